The van der Waals surface area contributed by atoms with Crippen LogP contribution in [0.15, 0.2) is 18.2 Å². The first kappa shape index (κ1) is 20.7. The number of carbonyl (C=O) groups excluding carboxylic acids is 3. The van der Waals surface area contributed by atoms with Crippen LogP contribution in [0.5, 0.6) is 0 Å². The summed E-state index contributed by atoms with van der Waals surface area (Å²) in [5.74, 6) is 0. The van der Waals surface area contributed by atoms with E-state index in [4.69, 9.17) is 9.47 Å². The SMILES string of the molecule is CC(C)(C)OC(=O)N1CCN(C(=O)OC(C)(C)C)c2cc(C=O)ccc2C1. The lowest BCUT2D eigenvalue weighted by molar-refractivity contribution is 0.0238. The van der Waals surface area contributed by atoms with Gasteiger partial charge in [-0.15, -0.1) is 0 Å². The Morgan fingerprint density at radius 3 is 2.11 bits per heavy atom. The quantitative estimate of drug-likeness (QED) is 0.693. The van der Waals surface area contributed by atoms with Gasteiger partial charge in [-0.2, -0.15) is 0 Å². The van der Waals surface area contributed by atoms with Gasteiger partial charge in [-0.3, -0.25) is 9.69 Å². The van der Waals surface area contributed by atoms with Crippen LogP contribution in [0.4, 0.5) is 15.3 Å². The highest BCUT2D eigenvalue weighted by molar-refractivity contribution is 5.91. The van der Waals surface area contributed by atoms with Crippen LogP contribution in [0.1, 0.15) is 57.5 Å². The van der Waals surface area contributed by atoms with E-state index < -0.39 is 23.4 Å². The second-order valence-electron chi connectivity index (χ2n) is 8.54. The van der Waals surface area contributed by atoms with Gasteiger partial charge in [-0.1, -0.05) is 12.1 Å². The van der Waals surface area contributed by atoms with Gasteiger partial charge in [0.25, 0.3) is 0 Å². The molecule has 0 saturated carbocycles. The summed E-state index contributed by atoms with van der Waals surface area (Å²) >= 11 is 0. The largest absolute Gasteiger partial charge is 0.444 e. The number of nitrogens with zero attached hydrogens (tertiary/aromatic N) is 2. The van der Waals surface area contributed by atoms with Crippen LogP contribution in [0.2, 0.25) is 0 Å². The number of hydrogen-bond acceptors (Lipinski definition) is 5. The average molecular weight is 376 g/mol. The van der Waals surface area contributed by atoms with Crippen LogP contribution in [-0.2, 0) is 16.0 Å². The summed E-state index contributed by atoms with van der Waals surface area (Å²) in [4.78, 5) is 39.4. The summed E-state index contributed by atoms with van der Waals surface area (Å²) in [5, 5.41) is 0. The monoisotopic (exact) mass is 376 g/mol. The molecule has 0 N–H and O–H groups in total. The fourth-order valence-electron chi connectivity index (χ4n) is 2.65. The molecule has 1 aromatic rings. The maximum atomic E-state index is 12.7. The Balaban J connectivity index is 2.36. The van der Waals surface area contributed by atoms with Crippen molar-refractivity contribution in [1.29, 1.82) is 0 Å². The first-order chi connectivity index (χ1) is 12.4. The number of amides is 2. The van der Waals surface area contributed by atoms with Crippen molar-refractivity contribution in [3.63, 3.8) is 0 Å². The predicted molar refractivity (Wildman–Crippen MR) is 102 cm³/mol. The molecule has 0 unspecified atom stereocenters. The van der Waals surface area contributed by atoms with Crippen molar-refractivity contribution < 1.29 is 23.9 Å². The Morgan fingerprint density at radius 2 is 1.56 bits per heavy atom. The molecule has 1 heterocycles. The summed E-state index contributed by atoms with van der Waals surface area (Å²) in [6, 6.07) is 5.06. The lowest BCUT2D eigenvalue weighted by Gasteiger charge is -2.28. The Kier molecular flexibility index (Phi) is 5.82. The summed E-state index contributed by atoms with van der Waals surface area (Å²) in [7, 11) is 0. The molecule has 7 nitrogen and oxygen atoms in total. The van der Waals surface area contributed by atoms with Crippen LogP contribution in [0.3, 0.4) is 0 Å². The molecule has 0 atom stereocenters. The molecule has 1 aliphatic rings. The minimum absolute atomic E-state index is 0.240. The van der Waals surface area contributed by atoms with Crippen LogP contribution in [0, 0.1) is 0 Å². The lowest BCUT2D eigenvalue weighted by Crippen LogP contribution is -2.42. The highest BCUT2D eigenvalue weighted by Gasteiger charge is 2.31. The fraction of sp³-hybridized carbons (Fsp3) is 0.550. The molecule has 0 bridgehead atoms. The van der Waals surface area contributed by atoms with Gasteiger partial charge in [-0.05, 0) is 53.2 Å². The second kappa shape index (κ2) is 7.58. The number of benzene rings is 1. The number of hydrogen-bond donors (Lipinski definition) is 0. The molecule has 1 aromatic carbocycles. The lowest BCUT2D eigenvalue weighted by atomic mass is 10.1. The molecule has 0 fully saturated rings. The number of carbonyl (C=O) groups is 3. The van der Waals surface area contributed by atoms with Crippen molar-refractivity contribution in [3.05, 3.63) is 29.3 Å². The number of anilines is 1. The van der Waals surface area contributed by atoms with E-state index in [1.165, 1.54) is 4.90 Å². The van der Waals surface area contributed by atoms with Gasteiger partial charge in [-0.25, -0.2) is 9.59 Å². The van der Waals surface area contributed by atoms with E-state index in [0.717, 1.165) is 11.8 Å². The van der Waals surface area contributed by atoms with Gasteiger partial charge < -0.3 is 14.4 Å². The summed E-state index contributed by atoms with van der Waals surface area (Å²) in [6.45, 7) is 11.6. The van der Waals surface area contributed by atoms with Crippen molar-refractivity contribution >= 4 is 24.2 Å². The average Bonchev–Trinajstić information content (AvgIpc) is 2.70. The molecule has 2 rings (SSSR count). The van der Waals surface area contributed by atoms with Gasteiger partial charge in [0, 0.05) is 18.7 Å². The van der Waals surface area contributed by atoms with E-state index in [1.807, 2.05) is 0 Å². The molecule has 1 aliphatic heterocycles. The summed E-state index contributed by atoms with van der Waals surface area (Å²) in [5.41, 5.74) is 0.498. The van der Waals surface area contributed by atoms with Crippen LogP contribution in [0.25, 0.3) is 0 Å². The number of rotatable bonds is 1. The number of ether oxygens (including phenoxy) is 2. The molecule has 7 heteroatoms. The van der Waals surface area contributed by atoms with Crippen molar-refractivity contribution in [3.8, 4) is 0 Å². The third kappa shape index (κ3) is 5.70. The Labute approximate surface area is 160 Å². The minimum atomic E-state index is -0.656. The molecule has 0 saturated heterocycles. The maximum absolute atomic E-state index is 12.7. The van der Waals surface area contributed by atoms with Gasteiger partial charge >= 0.3 is 12.2 Å². The van der Waals surface area contributed by atoms with E-state index in [0.29, 0.717) is 17.8 Å². The molecule has 2 amide bonds. The fourth-order valence-corrected chi connectivity index (χ4v) is 2.65. The van der Waals surface area contributed by atoms with E-state index in [2.05, 4.69) is 0 Å². The molecular weight excluding hydrogens is 348 g/mol. The van der Waals surface area contributed by atoms with Gasteiger partial charge in [0.2, 0.25) is 0 Å². The van der Waals surface area contributed by atoms with Crippen molar-refractivity contribution in [1.82, 2.24) is 4.90 Å². The van der Waals surface area contributed by atoms with Crippen LogP contribution in [-0.4, -0.2) is 47.7 Å². The molecule has 0 spiro atoms. The van der Waals surface area contributed by atoms with E-state index in [9.17, 15) is 14.4 Å². The van der Waals surface area contributed by atoms with Crippen LogP contribution >= 0.6 is 0 Å². The molecule has 0 radical (unpaired) electrons. The standard InChI is InChI=1S/C20H28N2O5/c1-19(2,3)26-17(24)21-9-10-22(18(25)27-20(4,5)6)16-11-14(13-23)7-8-15(16)12-21/h7-8,11,13H,9-10,12H2,1-6H3. The second-order valence-corrected chi connectivity index (χ2v) is 8.54. The number of fused-ring (bicyclic) bond motifs is 1. The smallest absolute Gasteiger partial charge is 0.414 e. The zero-order valence-corrected chi connectivity index (χ0v) is 16.9. The van der Waals surface area contributed by atoms with Gasteiger partial charge in [0.1, 0.15) is 17.5 Å². The van der Waals surface area contributed by atoms with Crippen molar-refractivity contribution in [2.45, 2.75) is 59.3 Å². The highest BCUT2D eigenvalue weighted by atomic mass is 16.6. The predicted octanol–water partition coefficient (Wildman–Crippen LogP) is 3.99. The number of aldehydes is 1. The first-order valence-electron chi connectivity index (χ1n) is 8.96. The van der Waals surface area contributed by atoms with E-state index >= 15 is 0 Å². The summed E-state index contributed by atoms with van der Waals surface area (Å²) < 4.78 is 11.0. The molecule has 148 valence electrons. The molecule has 27 heavy (non-hydrogen) atoms. The third-order valence-corrected chi connectivity index (χ3v) is 3.76. The molecular formula is C20H28N2O5. The Hall–Kier alpha value is -2.57. The van der Waals surface area contributed by atoms with Crippen LogP contribution < -0.4 is 4.90 Å². The topological polar surface area (TPSA) is 76.2 Å². The maximum Gasteiger partial charge on any atom is 0.414 e. The van der Waals surface area contributed by atoms with E-state index in [1.54, 1.807) is 64.6 Å². The highest BCUT2D eigenvalue weighted by Crippen LogP contribution is 2.28. The zero-order valence-electron chi connectivity index (χ0n) is 16.9. The molecule has 0 aromatic heterocycles. The molecule has 0 aliphatic carbocycles. The van der Waals surface area contributed by atoms with E-state index in [-0.39, 0.29) is 13.1 Å². The minimum Gasteiger partial charge on any atom is -0.444 e. The Bertz CT molecular complexity index is 731. The zero-order chi connectivity index (χ0) is 20.4. The van der Waals surface area contributed by atoms with Gasteiger partial charge in [0.15, 0.2) is 0 Å². The first-order valence-corrected chi connectivity index (χ1v) is 8.96. The Morgan fingerprint density at radius 1 is 0.963 bits per heavy atom. The summed E-state index contributed by atoms with van der Waals surface area (Å²) in [6.07, 6.45) is -0.235. The van der Waals surface area contributed by atoms with Crippen molar-refractivity contribution in [2.75, 3.05) is 18.0 Å². The normalized spacial score (nSPS) is 14.9. The van der Waals surface area contributed by atoms with Gasteiger partial charge in [0.05, 0.1) is 12.2 Å². The third-order valence-electron chi connectivity index (χ3n) is 3.76. The van der Waals surface area contributed by atoms with Crippen molar-refractivity contribution in [2.24, 2.45) is 0 Å².